The van der Waals surface area contributed by atoms with Gasteiger partial charge in [-0.3, -0.25) is 14.5 Å². The van der Waals surface area contributed by atoms with Crippen LogP contribution in [-0.4, -0.2) is 27.6 Å². The van der Waals surface area contributed by atoms with Crippen molar-refractivity contribution in [3.63, 3.8) is 0 Å². The molecule has 4 rings (SSSR count). The molecule has 0 bridgehead atoms. The van der Waals surface area contributed by atoms with Gasteiger partial charge in [0.25, 0.3) is 5.91 Å². The van der Waals surface area contributed by atoms with E-state index in [0.717, 1.165) is 5.56 Å². The lowest BCUT2D eigenvalue weighted by Gasteiger charge is -2.14. The van der Waals surface area contributed by atoms with Crippen LogP contribution in [0.3, 0.4) is 0 Å². The molecule has 3 aromatic rings. The van der Waals surface area contributed by atoms with Gasteiger partial charge >= 0.3 is 5.63 Å². The van der Waals surface area contributed by atoms with E-state index in [1.54, 1.807) is 30.3 Å². The van der Waals surface area contributed by atoms with Crippen LogP contribution in [0.4, 0.5) is 5.69 Å². The molecule has 0 aliphatic carbocycles. The van der Waals surface area contributed by atoms with Crippen LogP contribution in [0.2, 0.25) is 0 Å². The van der Waals surface area contributed by atoms with Crippen molar-refractivity contribution < 1.29 is 14.0 Å². The topological polar surface area (TPSA) is 79.6 Å². The summed E-state index contributed by atoms with van der Waals surface area (Å²) < 4.78 is 5.52. The lowest BCUT2D eigenvalue weighted by Crippen LogP contribution is -2.31. The van der Waals surface area contributed by atoms with Crippen LogP contribution in [0, 0.1) is 0 Å². The van der Waals surface area contributed by atoms with Crippen molar-refractivity contribution in [3.05, 3.63) is 81.6 Å². The number of carbonyl (C=O) groups excluding carboxylic acids is 2. The standard InChI is InChI=1S/C22H16N2O4S2/c25-19(23-16-7-8-17-15(13-16)6-9-20(26)28-17)10-11-24-21(27)18(30-22(24)29)12-14-4-2-1-3-5-14/h1-9,12-13H,10-11H2,(H,23,25)/b18-12+. The first-order valence-electron chi connectivity index (χ1n) is 9.14. The minimum absolute atomic E-state index is 0.104. The van der Waals surface area contributed by atoms with Gasteiger partial charge in [-0.25, -0.2) is 4.79 Å². The number of thiocarbonyl (C=S) groups is 1. The van der Waals surface area contributed by atoms with Crippen molar-refractivity contribution in [1.82, 2.24) is 4.90 Å². The second kappa shape index (κ2) is 8.64. The first-order valence-corrected chi connectivity index (χ1v) is 10.4. The Labute approximate surface area is 181 Å². The van der Waals surface area contributed by atoms with Crippen LogP contribution in [0.1, 0.15) is 12.0 Å². The average molecular weight is 437 g/mol. The van der Waals surface area contributed by atoms with Crippen molar-refractivity contribution in [3.8, 4) is 0 Å². The maximum absolute atomic E-state index is 12.6. The van der Waals surface area contributed by atoms with Crippen molar-refractivity contribution in [2.45, 2.75) is 6.42 Å². The van der Waals surface area contributed by atoms with E-state index in [2.05, 4.69) is 5.32 Å². The molecule has 0 spiro atoms. The SMILES string of the molecule is O=C(CCN1C(=O)/C(=C\c2ccccc2)SC1=S)Nc1ccc2oc(=O)ccc2c1. The molecule has 6 nitrogen and oxygen atoms in total. The highest BCUT2D eigenvalue weighted by atomic mass is 32.2. The van der Waals surface area contributed by atoms with E-state index >= 15 is 0 Å². The third kappa shape index (κ3) is 4.50. The molecule has 0 unspecified atom stereocenters. The van der Waals surface area contributed by atoms with Crippen molar-refractivity contribution in [2.24, 2.45) is 0 Å². The molecular formula is C22H16N2O4S2. The van der Waals surface area contributed by atoms with Crippen molar-refractivity contribution in [2.75, 3.05) is 11.9 Å². The summed E-state index contributed by atoms with van der Waals surface area (Å²) in [5, 5.41) is 3.50. The number of thioether (sulfide) groups is 1. The second-order valence-electron chi connectivity index (χ2n) is 6.55. The number of rotatable bonds is 5. The Bertz CT molecular complexity index is 1230. The van der Waals surface area contributed by atoms with Gasteiger partial charge in [0.05, 0.1) is 4.91 Å². The first kappa shape index (κ1) is 20.1. The van der Waals surface area contributed by atoms with Crippen LogP contribution in [-0.2, 0) is 9.59 Å². The van der Waals surface area contributed by atoms with E-state index in [0.29, 0.717) is 25.9 Å². The number of hydrogen-bond acceptors (Lipinski definition) is 6. The normalized spacial score (nSPS) is 15.2. The molecule has 1 aliphatic rings. The summed E-state index contributed by atoms with van der Waals surface area (Å²) in [5.74, 6) is -0.435. The fourth-order valence-corrected chi connectivity index (χ4v) is 4.29. The van der Waals surface area contributed by atoms with Crippen LogP contribution in [0.25, 0.3) is 17.0 Å². The van der Waals surface area contributed by atoms with Gasteiger partial charge in [0.1, 0.15) is 9.90 Å². The molecule has 0 saturated carbocycles. The zero-order valence-electron chi connectivity index (χ0n) is 15.7. The molecule has 1 N–H and O–H groups in total. The number of nitrogens with one attached hydrogen (secondary N) is 1. The van der Waals surface area contributed by atoms with Crippen LogP contribution in [0.15, 0.2) is 74.8 Å². The van der Waals surface area contributed by atoms with E-state index < -0.39 is 5.63 Å². The van der Waals surface area contributed by atoms with Gasteiger partial charge in [0.15, 0.2) is 0 Å². The predicted octanol–water partition coefficient (Wildman–Crippen LogP) is 4.02. The number of carbonyl (C=O) groups is 2. The summed E-state index contributed by atoms with van der Waals surface area (Å²) in [5.41, 5.74) is 1.52. The molecule has 0 atom stereocenters. The molecule has 2 aromatic carbocycles. The second-order valence-corrected chi connectivity index (χ2v) is 8.23. The predicted molar refractivity (Wildman–Crippen MR) is 122 cm³/mol. The largest absolute Gasteiger partial charge is 0.423 e. The molecule has 30 heavy (non-hydrogen) atoms. The summed E-state index contributed by atoms with van der Waals surface area (Å²) in [7, 11) is 0. The van der Waals surface area contributed by atoms with Gasteiger partial charge in [-0.05, 0) is 35.9 Å². The maximum Gasteiger partial charge on any atom is 0.336 e. The molecule has 1 fully saturated rings. The molecule has 150 valence electrons. The summed E-state index contributed by atoms with van der Waals surface area (Å²) in [6.45, 7) is 0.199. The summed E-state index contributed by atoms with van der Waals surface area (Å²) in [6, 6.07) is 17.5. The average Bonchev–Trinajstić information content (AvgIpc) is 3.00. The fraction of sp³-hybridized carbons (Fsp3) is 0.0909. The Balaban J connectivity index is 1.38. The molecule has 8 heteroatoms. The van der Waals surface area contributed by atoms with E-state index in [-0.39, 0.29) is 24.8 Å². The van der Waals surface area contributed by atoms with Crippen LogP contribution >= 0.6 is 24.0 Å². The highest BCUT2D eigenvalue weighted by Gasteiger charge is 2.32. The van der Waals surface area contributed by atoms with Gasteiger partial charge in [-0.15, -0.1) is 0 Å². The Hall–Kier alpha value is -3.23. The van der Waals surface area contributed by atoms with Crippen LogP contribution in [0.5, 0.6) is 0 Å². The molecule has 1 aromatic heterocycles. The number of anilines is 1. The summed E-state index contributed by atoms with van der Waals surface area (Å²) in [4.78, 5) is 38.2. The molecular weight excluding hydrogens is 420 g/mol. The Morgan fingerprint density at radius 1 is 1.10 bits per heavy atom. The smallest absolute Gasteiger partial charge is 0.336 e. The highest BCUT2D eigenvalue weighted by molar-refractivity contribution is 8.26. The minimum Gasteiger partial charge on any atom is -0.423 e. The number of nitrogens with zero attached hydrogens (tertiary/aromatic N) is 1. The quantitative estimate of drug-likeness (QED) is 0.370. The lowest BCUT2D eigenvalue weighted by atomic mass is 10.2. The Morgan fingerprint density at radius 3 is 2.70 bits per heavy atom. The van der Waals surface area contributed by atoms with E-state index in [1.807, 2.05) is 30.3 Å². The minimum atomic E-state index is -0.427. The molecule has 1 saturated heterocycles. The number of fused-ring (bicyclic) bond motifs is 1. The monoisotopic (exact) mass is 436 g/mol. The molecule has 0 radical (unpaired) electrons. The summed E-state index contributed by atoms with van der Waals surface area (Å²) >= 11 is 6.55. The van der Waals surface area contributed by atoms with Gasteiger partial charge in [-0.2, -0.15) is 0 Å². The van der Waals surface area contributed by atoms with Crippen molar-refractivity contribution >= 4 is 62.8 Å². The van der Waals surface area contributed by atoms with Gasteiger partial charge < -0.3 is 9.73 Å². The third-order valence-electron chi connectivity index (χ3n) is 4.44. The van der Waals surface area contributed by atoms with Crippen LogP contribution < -0.4 is 10.9 Å². The third-order valence-corrected chi connectivity index (χ3v) is 5.81. The molecule has 2 heterocycles. The highest BCUT2D eigenvalue weighted by Crippen LogP contribution is 2.32. The van der Waals surface area contributed by atoms with Gasteiger partial charge in [0, 0.05) is 30.1 Å². The van der Waals surface area contributed by atoms with Gasteiger partial charge in [-0.1, -0.05) is 54.3 Å². The first-order chi connectivity index (χ1) is 14.5. The number of amides is 2. The lowest BCUT2D eigenvalue weighted by molar-refractivity contribution is -0.122. The van der Waals surface area contributed by atoms with Crippen molar-refractivity contribution in [1.29, 1.82) is 0 Å². The maximum atomic E-state index is 12.6. The van der Waals surface area contributed by atoms with E-state index in [9.17, 15) is 14.4 Å². The Morgan fingerprint density at radius 2 is 1.90 bits per heavy atom. The fourth-order valence-electron chi connectivity index (χ4n) is 2.98. The summed E-state index contributed by atoms with van der Waals surface area (Å²) in [6.07, 6.45) is 1.90. The zero-order valence-corrected chi connectivity index (χ0v) is 17.3. The molecule has 2 amide bonds. The number of hydrogen-bond donors (Lipinski definition) is 1. The van der Waals surface area contributed by atoms with E-state index in [4.69, 9.17) is 16.6 Å². The Kier molecular flexibility index (Phi) is 5.78. The van der Waals surface area contributed by atoms with E-state index in [1.165, 1.54) is 22.7 Å². The van der Waals surface area contributed by atoms with Gasteiger partial charge in [0.2, 0.25) is 5.91 Å². The number of benzene rings is 2. The zero-order chi connectivity index (χ0) is 21.1. The molecule has 1 aliphatic heterocycles.